The molecule has 0 saturated carbocycles. The molecule has 1 aromatic carbocycles. The Morgan fingerprint density at radius 3 is 2.67 bits per heavy atom. The number of nitrogens with zero attached hydrogens (tertiary/aromatic N) is 2. The van der Waals surface area contributed by atoms with Crippen LogP contribution in [0.5, 0.6) is 0 Å². The molecule has 21 heavy (non-hydrogen) atoms. The number of aromatic nitrogens is 2. The minimum absolute atomic E-state index is 0.0392. The average molecular weight is 349 g/mol. The summed E-state index contributed by atoms with van der Waals surface area (Å²) in [4.78, 5) is 3.99. The molecule has 0 aliphatic rings. The number of imidazole rings is 1. The van der Waals surface area contributed by atoms with Gasteiger partial charge in [-0.2, -0.15) is 0 Å². The smallest absolute Gasteiger partial charge is 0.242 e. The van der Waals surface area contributed by atoms with E-state index in [1.807, 2.05) is 0 Å². The van der Waals surface area contributed by atoms with Gasteiger partial charge in [-0.3, -0.25) is 0 Å². The van der Waals surface area contributed by atoms with Gasteiger partial charge in [0.15, 0.2) is 0 Å². The maximum Gasteiger partial charge on any atom is 0.242 e. The van der Waals surface area contributed by atoms with E-state index in [1.54, 1.807) is 24.0 Å². The fraction of sp³-hybridized carbons (Fsp3) is 0.250. The van der Waals surface area contributed by atoms with E-state index in [-0.39, 0.29) is 23.0 Å². The highest BCUT2D eigenvalue weighted by Crippen LogP contribution is 2.30. The van der Waals surface area contributed by atoms with Gasteiger partial charge in [0.05, 0.1) is 11.6 Å². The summed E-state index contributed by atoms with van der Waals surface area (Å²) in [5.41, 5.74) is 5.94. The second-order valence-electron chi connectivity index (χ2n) is 4.32. The number of halogens is 2. The Hall–Kier alpha value is -1.12. The van der Waals surface area contributed by atoms with Crippen molar-refractivity contribution in [1.82, 2.24) is 14.3 Å². The van der Waals surface area contributed by atoms with Crippen LogP contribution in [0.3, 0.4) is 0 Å². The second kappa shape index (κ2) is 6.33. The van der Waals surface area contributed by atoms with Gasteiger partial charge in [0.2, 0.25) is 10.0 Å². The van der Waals surface area contributed by atoms with Crippen molar-refractivity contribution in [3.05, 3.63) is 46.0 Å². The fourth-order valence-corrected chi connectivity index (χ4v) is 3.69. The Kier molecular flexibility index (Phi) is 4.90. The Bertz CT molecular complexity index is 759. The van der Waals surface area contributed by atoms with E-state index in [1.165, 1.54) is 12.1 Å². The number of benzene rings is 1. The Morgan fingerprint density at radius 2 is 2.10 bits per heavy atom. The molecule has 0 radical (unpaired) electrons. The third kappa shape index (κ3) is 3.38. The van der Waals surface area contributed by atoms with Crippen LogP contribution < -0.4 is 10.5 Å². The van der Waals surface area contributed by atoms with E-state index in [4.69, 9.17) is 28.9 Å². The van der Waals surface area contributed by atoms with Crippen LogP contribution in [0.15, 0.2) is 29.4 Å². The molecule has 0 saturated heterocycles. The zero-order chi connectivity index (χ0) is 15.6. The molecular weight excluding hydrogens is 335 g/mol. The quantitative estimate of drug-likeness (QED) is 0.859. The lowest BCUT2D eigenvalue weighted by Crippen LogP contribution is -2.25. The van der Waals surface area contributed by atoms with Crippen molar-refractivity contribution in [3.63, 3.8) is 0 Å². The summed E-state index contributed by atoms with van der Waals surface area (Å²) in [6.07, 6.45) is 3.32. The van der Waals surface area contributed by atoms with Crippen molar-refractivity contribution in [2.45, 2.75) is 18.0 Å². The lowest BCUT2D eigenvalue weighted by Gasteiger charge is -2.12. The van der Waals surface area contributed by atoms with Crippen molar-refractivity contribution < 1.29 is 8.42 Å². The number of aryl methyl sites for hydroxylation is 1. The topological polar surface area (TPSA) is 90.0 Å². The molecule has 0 aliphatic heterocycles. The molecule has 0 fully saturated rings. The Morgan fingerprint density at radius 1 is 1.38 bits per heavy atom. The van der Waals surface area contributed by atoms with Crippen LogP contribution in [-0.4, -0.2) is 18.0 Å². The van der Waals surface area contributed by atoms with Gasteiger partial charge in [0.1, 0.15) is 10.7 Å². The molecule has 0 spiro atoms. The standard InChI is InChI=1S/C12H14Cl2N4O2S/c1-18-5-4-16-11(18)7-17-21(19,20)10-3-2-9(13)8(6-15)12(10)14/h2-5,17H,6-7,15H2,1H3. The molecule has 2 aromatic rings. The minimum atomic E-state index is -3.78. The zero-order valence-corrected chi connectivity index (χ0v) is 13.5. The van der Waals surface area contributed by atoms with Crippen LogP contribution in [0, 0.1) is 0 Å². The molecule has 2 rings (SSSR count). The van der Waals surface area contributed by atoms with Crippen LogP contribution in [0.1, 0.15) is 11.4 Å². The molecule has 0 amide bonds. The van der Waals surface area contributed by atoms with Gasteiger partial charge in [-0.05, 0) is 12.1 Å². The van der Waals surface area contributed by atoms with Gasteiger partial charge in [-0.15, -0.1) is 0 Å². The Balaban J connectivity index is 2.30. The van der Waals surface area contributed by atoms with Gasteiger partial charge in [0, 0.05) is 36.6 Å². The summed E-state index contributed by atoms with van der Waals surface area (Å²) in [6.45, 7) is 0.114. The molecule has 114 valence electrons. The van der Waals surface area contributed by atoms with E-state index >= 15 is 0 Å². The maximum atomic E-state index is 12.3. The molecule has 6 nitrogen and oxygen atoms in total. The highest BCUT2D eigenvalue weighted by Gasteiger charge is 2.21. The molecule has 0 aliphatic carbocycles. The van der Waals surface area contributed by atoms with Crippen LogP contribution in [0.2, 0.25) is 10.0 Å². The van der Waals surface area contributed by atoms with Crippen molar-refractivity contribution in [2.75, 3.05) is 0 Å². The monoisotopic (exact) mass is 348 g/mol. The lowest BCUT2D eigenvalue weighted by molar-refractivity contribution is 0.577. The molecule has 3 N–H and O–H groups in total. The molecule has 0 atom stereocenters. The number of nitrogens with one attached hydrogen (secondary N) is 1. The molecule has 1 heterocycles. The average Bonchev–Trinajstić information content (AvgIpc) is 2.82. The molecule has 0 bridgehead atoms. The summed E-state index contributed by atoms with van der Waals surface area (Å²) in [6, 6.07) is 2.82. The third-order valence-corrected chi connectivity index (χ3v) is 5.33. The van der Waals surface area contributed by atoms with Gasteiger partial charge < -0.3 is 10.3 Å². The third-order valence-electron chi connectivity index (χ3n) is 2.99. The first-order valence-corrected chi connectivity index (χ1v) is 8.23. The van der Waals surface area contributed by atoms with Crippen LogP contribution in [0.25, 0.3) is 0 Å². The number of rotatable bonds is 5. The predicted molar refractivity (Wildman–Crippen MR) is 81.6 cm³/mol. The van der Waals surface area contributed by atoms with Crippen molar-refractivity contribution in [2.24, 2.45) is 12.8 Å². The largest absolute Gasteiger partial charge is 0.337 e. The number of hydrogen-bond donors (Lipinski definition) is 2. The number of hydrogen-bond acceptors (Lipinski definition) is 4. The summed E-state index contributed by atoms with van der Waals surface area (Å²) >= 11 is 12.0. The fourth-order valence-electron chi connectivity index (χ4n) is 1.77. The van der Waals surface area contributed by atoms with Crippen molar-refractivity contribution in [3.8, 4) is 0 Å². The number of sulfonamides is 1. The van der Waals surface area contributed by atoms with E-state index in [0.29, 0.717) is 16.4 Å². The predicted octanol–water partition coefficient (Wildman–Crippen LogP) is 1.66. The van der Waals surface area contributed by atoms with E-state index in [9.17, 15) is 8.42 Å². The first-order valence-electron chi connectivity index (χ1n) is 5.99. The van der Waals surface area contributed by atoms with Crippen LogP contribution >= 0.6 is 23.2 Å². The van der Waals surface area contributed by atoms with E-state index in [0.717, 1.165) is 0 Å². The zero-order valence-electron chi connectivity index (χ0n) is 11.2. The lowest BCUT2D eigenvalue weighted by atomic mass is 10.2. The minimum Gasteiger partial charge on any atom is -0.337 e. The molecular formula is C12H14Cl2N4O2S. The van der Waals surface area contributed by atoms with Crippen molar-refractivity contribution in [1.29, 1.82) is 0 Å². The highest BCUT2D eigenvalue weighted by molar-refractivity contribution is 7.89. The van der Waals surface area contributed by atoms with E-state index in [2.05, 4.69) is 9.71 Å². The maximum absolute atomic E-state index is 12.3. The summed E-state index contributed by atoms with van der Waals surface area (Å²) in [5.74, 6) is 0.586. The second-order valence-corrected chi connectivity index (χ2v) is 6.84. The summed E-state index contributed by atoms with van der Waals surface area (Å²) in [7, 11) is -2.01. The normalized spacial score (nSPS) is 11.8. The summed E-state index contributed by atoms with van der Waals surface area (Å²) < 4.78 is 28.8. The number of nitrogens with two attached hydrogens (primary N) is 1. The van der Waals surface area contributed by atoms with Crippen molar-refractivity contribution >= 4 is 33.2 Å². The van der Waals surface area contributed by atoms with Crippen LogP contribution in [-0.2, 0) is 30.2 Å². The van der Waals surface area contributed by atoms with Gasteiger partial charge >= 0.3 is 0 Å². The van der Waals surface area contributed by atoms with Gasteiger partial charge in [-0.25, -0.2) is 18.1 Å². The molecule has 0 unspecified atom stereocenters. The SMILES string of the molecule is Cn1ccnc1CNS(=O)(=O)c1ccc(Cl)c(CN)c1Cl. The first-order chi connectivity index (χ1) is 9.86. The van der Waals surface area contributed by atoms with Crippen LogP contribution in [0.4, 0.5) is 0 Å². The molecule has 1 aromatic heterocycles. The van der Waals surface area contributed by atoms with Gasteiger partial charge in [-0.1, -0.05) is 23.2 Å². The highest BCUT2D eigenvalue weighted by atomic mass is 35.5. The van der Waals surface area contributed by atoms with Gasteiger partial charge in [0.25, 0.3) is 0 Å². The Labute approximate surface area is 132 Å². The molecule has 9 heteroatoms. The van der Waals surface area contributed by atoms with E-state index < -0.39 is 10.0 Å². The summed E-state index contributed by atoms with van der Waals surface area (Å²) in [5, 5.41) is 0.378. The first kappa shape index (κ1) is 16.3.